The zero-order valence-electron chi connectivity index (χ0n) is 9.11. The molecule has 6 nitrogen and oxygen atoms in total. The lowest BCUT2D eigenvalue weighted by Gasteiger charge is -1.99. The van der Waals surface area contributed by atoms with Gasteiger partial charge in [-0.05, 0) is 12.1 Å². The Hall–Kier alpha value is -2.50. The molecule has 0 aliphatic rings. The van der Waals surface area contributed by atoms with Gasteiger partial charge >= 0.3 is 5.97 Å². The van der Waals surface area contributed by atoms with Gasteiger partial charge in [0, 0.05) is 10.9 Å². The molecule has 5 N–H and O–H groups in total. The number of nitrogens with one attached hydrogen (secondary N) is 1. The highest BCUT2D eigenvalue weighted by molar-refractivity contribution is 6.11. The van der Waals surface area contributed by atoms with E-state index in [9.17, 15) is 9.59 Å². The van der Waals surface area contributed by atoms with Crippen LogP contribution in [-0.4, -0.2) is 24.0 Å². The normalized spacial score (nSPS) is 10.4. The topological polar surface area (TPSA) is 111 Å². The average Bonchev–Trinajstić information content (AvgIpc) is 2.62. The summed E-state index contributed by atoms with van der Waals surface area (Å²) in [5, 5.41) is 0.586. The van der Waals surface area contributed by atoms with Crippen LogP contribution in [0.2, 0.25) is 0 Å². The molecule has 0 saturated heterocycles. The van der Waals surface area contributed by atoms with Crippen molar-refractivity contribution in [2.75, 3.05) is 12.8 Å². The number of hydrogen-bond donors (Lipinski definition) is 3. The molecule has 0 aliphatic heterocycles. The lowest BCUT2D eigenvalue weighted by atomic mass is 10.1. The number of hydrogen-bond acceptors (Lipinski definition) is 4. The Kier molecular flexibility index (Phi) is 2.47. The van der Waals surface area contributed by atoms with Gasteiger partial charge in [0.25, 0.3) is 5.91 Å². The highest BCUT2D eigenvalue weighted by Crippen LogP contribution is 2.24. The van der Waals surface area contributed by atoms with Gasteiger partial charge in [-0.25, -0.2) is 4.79 Å². The van der Waals surface area contributed by atoms with Crippen LogP contribution in [0.4, 0.5) is 5.82 Å². The van der Waals surface area contributed by atoms with Crippen molar-refractivity contribution in [3.05, 3.63) is 29.3 Å². The third-order valence-electron chi connectivity index (χ3n) is 2.50. The second-order valence-electron chi connectivity index (χ2n) is 3.53. The first-order valence-corrected chi connectivity index (χ1v) is 4.84. The van der Waals surface area contributed by atoms with Crippen LogP contribution in [0.5, 0.6) is 0 Å². The summed E-state index contributed by atoms with van der Waals surface area (Å²) in [6.45, 7) is 0. The Morgan fingerprint density at radius 3 is 2.65 bits per heavy atom. The molecule has 1 aromatic heterocycles. The van der Waals surface area contributed by atoms with E-state index in [4.69, 9.17) is 11.5 Å². The van der Waals surface area contributed by atoms with Crippen LogP contribution in [0.3, 0.4) is 0 Å². The summed E-state index contributed by atoms with van der Waals surface area (Å²) in [6, 6.07) is 4.71. The third-order valence-corrected chi connectivity index (χ3v) is 2.50. The van der Waals surface area contributed by atoms with E-state index in [0.29, 0.717) is 16.5 Å². The zero-order chi connectivity index (χ0) is 12.6. The molecule has 0 spiro atoms. The molecule has 0 fully saturated rings. The van der Waals surface area contributed by atoms with Crippen molar-refractivity contribution in [2.24, 2.45) is 5.73 Å². The van der Waals surface area contributed by atoms with Gasteiger partial charge in [0.2, 0.25) is 0 Å². The number of methoxy groups -OCH3 is 1. The van der Waals surface area contributed by atoms with Crippen molar-refractivity contribution in [1.29, 1.82) is 0 Å². The van der Waals surface area contributed by atoms with Gasteiger partial charge in [0.15, 0.2) is 0 Å². The molecule has 0 bridgehead atoms. The zero-order valence-corrected chi connectivity index (χ0v) is 9.11. The molecule has 1 amide bonds. The van der Waals surface area contributed by atoms with Crippen LogP contribution >= 0.6 is 0 Å². The van der Waals surface area contributed by atoms with Gasteiger partial charge in [-0.3, -0.25) is 4.79 Å². The number of benzene rings is 1. The number of nitrogens with two attached hydrogens (primary N) is 2. The molecule has 0 aliphatic carbocycles. The minimum atomic E-state index is -0.612. The summed E-state index contributed by atoms with van der Waals surface area (Å²) in [5.41, 5.74) is 12.0. The fourth-order valence-electron chi connectivity index (χ4n) is 1.73. The van der Waals surface area contributed by atoms with Gasteiger partial charge in [-0.2, -0.15) is 0 Å². The predicted molar refractivity (Wildman–Crippen MR) is 62.6 cm³/mol. The molecule has 0 radical (unpaired) electrons. The van der Waals surface area contributed by atoms with Gasteiger partial charge in [-0.1, -0.05) is 6.07 Å². The summed E-state index contributed by atoms with van der Waals surface area (Å²) in [6.07, 6.45) is 0. The maximum Gasteiger partial charge on any atom is 0.337 e. The molecule has 0 atom stereocenters. The molecule has 2 aromatic rings. The van der Waals surface area contributed by atoms with E-state index >= 15 is 0 Å². The number of aromatic amines is 1. The van der Waals surface area contributed by atoms with Crippen LogP contribution < -0.4 is 11.5 Å². The molecule has 2 rings (SSSR count). The summed E-state index contributed by atoms with van der Waals surface area (Å²) in [7, 11) is 1.30. The Balaban J connectivity index is 2.65. The first-order chi connectivity index (χ1) is 8.04. The molecular weight excluding hydrogens is 222 g/mol. The van der Waals surface area contributed by atoms with Gasteiger partial charge in [0.1, 0.15) is 5.82 Å². The second-order valence-corrected chi connectivity index (χ2v) is 3.53. The fourth-order valence-corrected chi connectivity index (χ4v) is 1.73. The van der Waals surface area contributed by atoms with Gasteiger partial charge < -0.3 is 21.2 Å². The Bertz CT molecular complexity index is 616. The number of primary amides is 1. The van der Waals surface area contributed by atoms with Crippen molar-refractivity contribution >= 4 is 28.6 Å². The summed E-state index contributed by atoms with van der Waals surface area (Å²) in [5.74, 6) is -0.880. The summed E-state index contributed by atoms with van der Waals surface area (Å²) < 4.78 is 4.59. The predicted octanol–water partition coefficient (Wildman–Crippen LogP) is 0.636. The molecule has 6 heteroatoms. The van der Waals surface area contributed by atoms with Crippen LogP contribution in [0.1, 0.15) is 20.7 Å². The quantitative estimate of drug-likeness (QED) is 0.660. The van der Waals surface area contributed by atoms with Crippen molar-refractivity contribution in [2.45, 2.75) is 0 Å². The molecule has 0 saturated carbocycles. The van der Waals surface area contributed by atoms with Crippen LogP contribution in [0.25, 0.3) is 10.9 Å². The Morgan fingerprint density at radius 2 is 2.06 bits per heavy atom. The molecule has 1 aromatic carbocycles. The monoisotopic (exact) mass is 233 g/mol. The Morgan fingerprint density at radius 1 is 1.35 bits per heavy atom. The first kappa shape index (κ1) is 11.0. The van der Waals surface area contributed by atoms with Crippen LogP contribution in [-0.2, 0) is 4.74 Å². The number of anilines is 1. The van der Waals surface area contributed by atoms with Crippen molar-refractivity contribution in [3.63, 3.8) is 0 Å². The Labute approximate surface area is 96.5 Å². The number of carbonyl (C=O) groups excluding carboxylic acids is 2. The van der Waals surface area contributed by atoms with Crippen molar-refractivity contribution in [1.82, 2.24) is 4.98 Å². The number of fused-ring (bicyclic) bond motifs is 1. The standard InChI is InChI=1S/C11H11N3O3/c1-17-11(16)5-2-3-6-7(4-5)14-9(12)8(6)10(13)15/h2-4,14H,12H2,1H3,(H2,13,15). The number of amides is 1. The van der Waals surface area contributed by atoms with Gasteiger partial charge in [0.05, 0.1) is 18.2 Å². The van der Waals surface area contributed by atoms with Crippen LogP contribution in [0.15, 0.2) is 18.2 Å². The summed E-state index contributed by atoms with van der Waals surface area (Å²) >= 11 is 0. The lowest BCUT2D eigenvalue weighted by molar-refractivity contribution is 0.0600. The number of rotatable bonds is 2. The molecule has 17 heavy (non-hydrogen) atoms. The maximum atomic E-state index is 11.3. The van der Waals surface area contributed by atoms with E-state index in [1.54, 1.807) is 18.2 Å². The third kappa shape index (κ3) is 1.69. The molecule has 88 valence electrons. The highest BCUT2D eigenvalue weighted by Gasteiger charge is 2.15. The number of carbonyl (C=O) groups is 2. The molecular formula is C11H11N3O3. The average molecular weight is 233 g/mol. The number of ether oxygens (including phenoxy) is 1. The number of H-pyrrole nitrogens is 1. The van der Waals surface area contributed by atoms with Crippen molar-refractivity contribution < 1.29 is 14.3 Å². The second kappa shape index (κ2) is 3.82. The van der Waals surface area contributed by atoms with E-state index in [1.165, 1.54) is 7.11 Å². The first-order valence-electron chi connectivity index (χ1n) is 4.84. The maximum absolute atomic E-state index is 11.3. The smallest absolute Gasteiger partial charge is 0.337 e. The van der Waals surface area contributed by atoms with E-state index in [1.807, 2.05) is 0 Å². The highest BCUT2D eigenvalue weighted by atomic mass is 16.5. The van der Waals surface area contributed by atoms with E-state index in [2.05, 4.69) is 9.72 Å². The molecule has 1 heterocycles. The largest absolute Gasteiger partial charge is 0.465 e. The van der Waals surface area contributed by atoms with Gasteiger partial charge in [-0.15, -0.1) is 0 Å². The van der Waals surface area contributed by atoms with Crippen LogP contribution in [0, 0.1) is 0 Å². The van der Waals surface area contributed by atoms with E-state index in [0.717, 1.165) is 0 Å². The SMILES string of the molecule is COC(=O)c1ccc2c(C(N)=O)c(N)[nH]c2c1. The minimum absolute atomic E-state index is 0.189. The minimum Gasteiger partial charge on any atom is -0.465 e. The fraction of sp³-hybridized carbons (Fsp3) is 0.0909. The number of aromatic nitrogens is 1. The number of nitrogen functional groups attached to an aromatic ring is 1. The number of esters is 1. The van der Waals surface area contributed by atoms with E-state index in [-0.39, 0.29) is 11.4 Å². The lowest BCUT2D eigenvalue weighted by Crippen LogP contribution is -2.12. The van der Waals surface area contributed by atoms with Crippen molar-refractivity contribution in [3.8, 4) is 0 Å². The summed E-state index contributed by atoms with van der Waals surface area (Å²) in [4.78, 5) is 25.3. The molecule has 0 unspecified atom stereocenters. The van der Waals surface area contributed by atoms with E-state index < -0.39 is 11.9 Å².